The van der Waals surface area contributed by atoms with Crippen LogP contribution in [-0.4, -0.2) is 37.2 Å². The Labute approximate surface area is 480 Å². The summed E-state index contributed by atoms with van der Waals surface area (Å²) in [6.45, 7) is 6.63. The van der Waals surface area contributed by atoms with Gasteiger partial charge in [-0.15, -0.1) is 0 Å². The van der Waals surface area contributed by atoms with Crippen LogP contribution in [0.3, 0.4) is 0 Å². The van der Waals surface area contributed by atoms with Crippen molar-refractivity contribution in [1.29, 1.82) is 0 Å². The second-order valence-corrected chi connectivity index (χ2v) is 23.4. The van der Waals surface area contributed by atoms with Gasteiger partial charge < -0.3 is 14.2 Å². The number of allylic oxidation sites excluding steroid dienone is 6. The Balaban J connectivity index is 4.11. The summed E-state index contributed by atoms with van der Waals surface area (Å²) < 4.78 is 16.9. The van der Waals surface area contributed by atoms with Crippen LogP contribution in [0, 0.1) is 0 Å². The molecule has 0 rings (SSSR count). The van der Waals surface area contributed by atoms with Gasteiger partial charge in [0.2, 0.25) is 0 Å². The fourth-order valence-corrected chi connectivity index (χ4v) is 10.4. The highest BCUT2D eigenvalue weighted by atomic mass is 16.6. The molecule has 0 aromatic heterocycles. The lowest BCUT2D eigenvalue weighted by Crippen LogP contribution is -2.30. The molecule has 1 unspecified atom stereocenters. The number of carbonyl (C=O) groups excluding carboxylic acids is 3. The molecule has 6 heteroatoms. The Hall–Kier alpha value is -2.37. The van der Waals surface area contributed by atoms with E-state index < -0.39 is 6.10 Å². The molecule has 0 saturated heterocycles. The largest absolute Gasteiger partial charge is 0.462 e. The second-order valence-electron chi connectivity index (χ2n) is 23.4. The lowest BCUT2D eigenvalue weighted by atomic mass is 10.0. The van der Waals surface area contributed by atoms with Gasteiger partial charge in [-0.2, -0.15) is 0 Å². The third-order valence-electron chi connectivity index (χ3n) is 15.6. The minimum atomic E-state index is -0.781. The Morgan fingerprint density at radius 2 is 0.481 bits per heavy atom. The lowest BCUT2D eigenvalue weighted by molar-refractivity contribution is -0.167. The van der Waals surface area contributed by atoms with Crippen LogP contribution < -0.4 is 0 Å². The quantitative estimate of drug-likeness (QED) is 0.0261. The number of ether oxygens (including phenoxy) is 3. The summed E-state index contributed by atoms with van der Waals surface area (Å²) in [5.74, 6) is -0.877. The third-order valence-corrected chi connectivity index (χ3v) is 15.6. The summed E-state index contributed by atoms with van der Waals surface area (Å²) in [5.41, 5.74) is 0. The Morgan fingerprint density at radius 1 is 0.260 bits per heavy atom. The predicted molar refractivity (Wildman–Crippen MR) is 335 cm³/mol. The van der Waals surface area contributed by atoms with Crippen molar-refractivity contribution in [2.75, 3.05) is 13.2 Å². The number of hydrogen-bond donors (Lipinski definition) is 0. The standard InChI is InChI=1S/C71H132O6/c1-4-7-10-13-16-19-22-25-28-29-30-31-32-33-34-35-36-37-38-39-40-41-42-43-44-47-49-52-55-58-61-64-70(73)76-67-68(77-71(74)65-62-59-56-53-50-46-27-24-21-18-15-12-9-6-3)66-75-69(72)63-60-57-54-51-48-45-26-23-20-17-14-11-8-5-2/h15,18,23-24,26-27,68H,4-14,16-17,19-22,25,28-67H2,1-3H3/b18-15-,26-23-,27-24-. The zero-order valence-electron chi connectivity index (χ0n) is 52.0. The van der Waals surface area contributed by atoms with Gasteiger partial charge in [0.1, 0.15) is 13.2 Å². The molecule has 0 aromatic carbocycles. The summed E-state index contributed by atoms with van der Waals surface area (Å²) >= 11 is 0. The lowest BCUT2D eigenvalue weighted by Gasteiger charge is -2.18. The smallest absolute Gasteiger partial charge is 0.306 e. The summed E-state index contributed by atoms with van der Waals surface area (Å²) in [5, 5.41) is 0. The van der Waals surface area contributed by atoms with E-state index in [0.29, 0.717) is 19.3 Å². The van der Waals surface area contributed by atoms with Crippen molar-refractivity contribution < 1.29 is 28.6 Å². The van der Waals surface area contributed by atoms with Crippen LogP contribution in [-0.2, 0) is 28.6 Å². The molecule has 0 aliphatic heterocycles. The molecule has 0 N–H and O–H groups in total. The highest BCUT2D eigenvalue weighted by Crippen LogP contribution is 2.18. The SMILES string of the molecule is CCCC/C=C\C/C=C\CCCCCCCC(=O)OC(COC(=O)CCCCCCC/C=C\CCCCCCC)COC(=O)CCCCCCCCCCCCCCCCCCCCCCCCCCCCCCCCC. The normalized spacial score (nSPS) is 12.2. The Kier molecular flexibility index (Phi) is 64.1. The molecule has 0 fully saturated rings. The minimum Gasteiger partial charge on any atom is -0.462 e. The number of unbranched alkanes of at least 4 members (excludes halogenated alkanes) is 47. The van der Waals surface area contributed by atoms with Crippen molar-refractivity contribution in [1.82, 2.24) is 0 Å². The summed E-state index contributed by atoms with van der Waals surface area (Å²) in [4.78, 5) is 38.3. The van der Waals surface area contributed by atoms with E-state index >= 15 is 0 Å². The Morgan fingerprint density at radius 3 is 0.766 bits per heavy atom. The monoisotopic (exact) mass is 1080 g/mol. The topological polar surface area (TPSA) is 78.9 Å². The maximum absolute atomic E-state index is 12.9. The van der Waals surface area contributed by atoms with Gasteiger partial charge in [-0.3, -0.25) is 14.4 Å². The van der Waals surface area contributed by atoms with E-state index in [9.17, 15) is 14.4 Å². The van der Waals surface area contributed by atoms with Gasteiger partial charge in [0.25, 0.3) is 0 Å². The molecule has 452 valence electrons. The average molecular weight is 1080 g/mol. The van der Waals surface area contributed by atoms with E-state index in [-0.39, 0.29) is 31.1 Å². The van der Waals surface area contributed by atoms with Crippen LogP contribution in [0.2, 0.25) is 0 Å². The second kappa shape index (κ2) is 66.1. The van der Waals surface area contributed by atoms with Crippen LogP contribution in [0.15, 0.2) is 36.5 Å². The van der Waals surface area contributed by atoms with E-state index in [2.05, 4.69) is 57.2 Å². The molecular weight excluding hydrogens is 949 g/mol. The molecule has 1 atom stereocenters. The zero-order chi connectivity index (χ0) is 55.7. The van der Waals surface area contributed by atoms with Crippen molar-refractivity contribution in [2.24, 2.45) is 0 Å². The molecule has 0 amide bonds. The minimum absolute atomic E-state index is 0.0766. The fourth-order valence-electron chi connectivity index (χ4n) is 10.4. The first-order chi connectivity index (χ1) is 38.0. The molecule has 0 spiro atoms. The van der Waals surface area contributed by atoms with Gasteiger partial charge in [-0.05, 0) is 70.6 Å². The van der Waals surface area contributed by atoms with Crippen LogP contribution in [0.1, 0.15) is 380 Å². The fraction of sp³-hybridized carbons (Fsp3) is 0.873. The van der Waals surface area contributed by atoms with Gasteiger partial charge in [0, 0.05) is 19.3 Å². The molecule has 6 nitrogen and oxygen atoms in total. The first-order valence-corrected chi connectivity index (χ1v) is 34.5. The van der Waals surface area contributed by atoms with E-state index in [1.165, 1.54) is 250 Å². The van der Waals surface area contributed by atoms with E-state index in [4.69, 9.17) is 14.2 Å². The van der Waals surface area contributed by atoms with Crippen molar-refractivity contribution in [2.45, 2.75) is 386 Å². The molecule has 0 radical (unpaired) electrons. The van der Waals surface area contributed by atoms with Crippen LogP contribution in [0.25, 0.3) is 0 Å². The maximum Gasteiger partial charge on any atom is 0.306 e. The van der Waals surface area contributed by atoms with Gasteiger partial charge in [0.05, 0.1) is 0 Å². The average Bonchev–Trinajstić information content (AvgIpc) is 3.43. The molecule has 0 aromatic rings. The van der Waals surface area contributed by atoms with Crippen molar-refractivity contribution in [3.8, 4) is 0 Å². The van der Waals surface area contributed by atoms with E-state index in [0.717, 1.165) is 89.9 Å². The Bertz CT molecular complexity index is 1290. The third kappa shape index (κ3) is 64.3. The van der Waals surface area contributed by atoms with Gasteiger partial charge >= 0.3 is 17.9 Å². The first kappa shape index (κ1) is 74.6. The first-order valence-electron chi connectivity index (χ1n) is 34.5. The van der Waals surface area contributed by atoms with Crippen LogP contribution in [0.5, 0.6) is 0 Å². The predicted octanol–water partition coefficient (Wildman–Crippen LogP) is 23.6. The zero-order valence-corrected chi connectivity index (χ0v) is 52.0. The molecule has 0 saturated carbocycles. The highest BCUT2D eigenvalue weighted by molar-refractivity contribution is 5.71. The van der Waals surface area contributed by atoms with Gasteiger partial charge in [-0.25, -0.2) is 0 Å². The molecular formula is C71H132O6. The maximum atomic E-state index is 12.9. The van der Waals surface area contributed by atoms with E-state index in [1.54, 1.807) is 0 Å². The molecule has 0 aliphatic rings. The van der Waals surface area contributed by atoms with Crippen LogP contribution in [0.4, 0.5) is 0 Å². The number of rotatable bonds is 64. The molecule has 0 bridgehead atoms. The summed E-state index contributed by atoms with van der Waals surface area (Å²) in [6.07, 6.45) is 81.9. The van der Waals surface area contributed by atoms with Crippen LogP contribution >= 0.6 is 0 Å². The number of hydrogen-bond acceptors (Lipinski definition) is 6. The summed E-state index contributed by atoms with van der Waals surface area (Å²) in [7, 11) is 0. The van der Waals surface area contributed by atoms with Gasteiger partial charge in [-0.1, -0.05) is 327 Å². The molecule has 77 heavy (non-hydrogen) atoms. The number of esters is 3. The molecule has 0 aliphatic carbocycles. The molecule has 0 heterocycles. The van der Waals surface area contributed by atoms with Crippen molar-refractivity contribution >= 4 is 17.9 Å². The van der Waals surface area contributed by atoms with Gasteiger partial charge in [0.15, 0.2) is 6.10 Å². The van der Waals surface area contributed by atoms with E-state index in [1.807, 2.05) is 0 Å². The highest BCUT2D eigenvalue weighted by Gasteiger charge is 2.19. The summed E-state index contributed by atoms with van der Waals surface area (Å²) in [6, 6.07) is 0. The van der Waals surface area contributed by atoms with Crippen molar-refractivity contribution in [3.05, 3.63) is 36.5 Å². The van der Waals surface area contributed by atoms with Crippen molar-refractivity contribution in [3.63, 3.8) is 0 Å². The number of carbonyl (C=O) groups is 3.